The Bertz CT molecular complexity index is 1610. The second-order valence-electron chi connectivity index (χ2n) is 11.3. The number of ether oxygens (including phenoxy) is 1. The molecule has 5 rings (SSSR count). The van der Waals surface area contributed by atoms with Crippen molar-refractivity contribution >= 4 is 67.0 Å². The van der Waals surface area contributed by atoms with E-state index >= 15 is 0 Å². The lowest BCUT2D eigenvalue weighted by Gasteiger charge is -2.25. The maximum Gasteiger partial charge on any atom is 0.228 e. The first-order chi connectivity index (χ1) is 22.2. The largest absolute Gasteiger partial charge is 0.489 e. The number of imidazole rings is 1. The van der Waals surface area contributed by atoms with Crippen LogP contribution in [0.2, 0.25) is 0 Å². The van der Waals surface area contributed by atoms with Crippen molar-refractivity contribution in [2.75, 3.05) is 25.1 Å². The number of imide groups is 1. The smallest absolute Gasteiger partial charge is 0.228 e. The van der Waals surface area contributed by atoms with Crippen molar-refractivity contribution in [1.29, 1.82) is 0 Å². The van der Waals surface area contributed by atoms with Crippen LogP contribution >= 0.6 is 48.8 Å². The second kappa shape index (κ2) is 16.9. The summed E-state index contributed by atoms with van der Waals surface area (Å²) < 4.78 is 21.8. The van der Waals surface area contributed by atoms with E-state index in [2.05, 4.69) is 78.8 Å². The lowest BCUT2D eigenvalue weighted by atomic mass is 9.98. The fourth-order valence-corrected chi connectivity index (χ4v) is 5.96. The van der Waals surface area contributed by atoms with Crippen LogP contribution in [0.3, 0.4) is 0 Å². The summed E-state index contributed by atoms with van der Waals surface area (Å²) in [6.07, 6.45) is 5.97. The van der Waals surface area contributed by atoms with Gasteiger partial charge in [-0.15, -0.1) is 0 Å². The lowest BCUT2D eigenvalue weighted by molar-refractivity contribution is -0.125. The van der Waals surface area contributed by atoms with Gasteiger partial charge in [-0.3, -0.25) is 19.8 Å². The molecule has 2 aromatic carbocycles. The third-order valence-corrected chi connectivity index (χ3v) is 8.52. The summed E-state index contributed by atoms with van der Waals surface area (Å²) in [5, 5.41) is 2.27. The Morgan fingerprint density at radius 1 is 1.24 bits per heavy atom. The molecular formula is C34H37ClFI2N5O3. The molecule has 1 aromatic heterocycles. The first-order valence-corrected chi connectivity index (χ1v) is 21.4. The number of fused-ring (bicyclic) bond motifs is 1. The van der Waals surface area contributed by atoms with Crippen molar-refractivity contribution in [3.63, 3.8) is 0 Å². The van der Waals surface area contributed by atoms with Gasteiger partial charge < -0.3 is 14.2 Å². The molecule has 2 amide bonds. The Labute approximate surface area is 298 Å². The van der Waals surface area contributed by atoms with E-state index in [1.165, 1.54) is 29.5 Å². The number of nitrogens with one attached hydrogen (secondary N) is 1. The normalized spacial score (nSPS) is 16.0. The van der Waals surface area contributed by atoms with E-state index in [1.54, 1.807) is 0 Å². The Balaban J connectivity index is 0.00000235. The highest BCUT2D eigenvalue weighted by atomic mass is 128. The maximum absolute atomic E-state index is 14.0. The van der Waals surface area contributed by atoms with E-state index in [0.29, 0.717) is 30.7 Å². The summed E-state index contributed by atoms with van der Waals surface area (Å²) in [6, 6.07) is 14.9. The highest BCUT2D eigenvalue weighted by Gasteiger charge is 2.41. The Kier molecular flexibility index (Phi) is 13.2. The van der Waals surface area contributed by atoms with Gasteiger partial charge in [-0.1, -0.05) is 49.0 Å². The van der Waals surface area contributed by atoms with Crippen molar-refractivity contribution < 1.29 is 18.7 Å². The Morgan fingerprint density at radius 2 is 1.96 bits per heavy atom. The first-order valence-electron chi connectivity index (χ1n) is 14.7. The molecule has 0 bridgehead atoms. The van der Waals surface area contributed by atoms with Crippen LogP contribution in [0, 0.1) is 5.92 Å². The van der Waals surface area contributed by atoms with Gasteiger partial charge in [0.1, 0.15) is 29.8 Å². The molecule has 46 heavy (non-hydrogen) atoms. The van der Waals surface area contributed by atoms with E-state index in [9.17, 15) is 14.0 Å². The first kappa shape index (κ1) is 36.1. The minimum absolute atomic E-state index is 0.0284. The minimum Gasteiger partial charge on any atom is -0.489 e. The quantitative estimate of drug-likeness (QED) is 0.101. The number of allylic oxidation sites excluding steroid dienone is 2. The van der Waals surface area contributed by atoms with Crippen molar-refractivity contribution in [2.24, 2.45) is 13.0 Å². The van der Waals surface area contributed by atoms with Crippen LogP contribution in [0.1, 0.15) is 42.0 Å². The highest BCUT2D eigenvalue weighted by Crippen LogP contribution is 2.50. The second-order valence-corrected chi connectivity index (χ2v) is 11.8. The van der Waals surface area contributed by atoms with Crippen molar-refractivity contribution in [3.05, 3.63) is 101 Å². The van der Waals surface area contributed by atoms with Crippen LogP contribution < -0.4 is 15.0 Å². The van der Waals surface area contributed by atoms with Crippen LogP contribution in [0.15, 0.2) is 84.3 Å². The Morgan fingerprint density at radius 3 is 2.59 bits per heavy atom. The number of amides is 2. The van der Waals surface area contributed by atoms with Crippen LogP contribution in [0.4, 0.5) is 10.2 Å². The third-order valence-electron chi connectivity index (χ3n) is 8.29. The molecule has 1 atom stereocenters. The molecule has 1 fully saturated rings. The average Bonchev–Trinajstić information content (AvgIpc) is 3.72. The molecule has 1 saturated carbocycles. The van der Waals surface area contributed by atoms with Crippen LogP contribution in [-0.2, 0) is 29.7 Å². The topological polar surface area (TPSA) is 79.7 Å². The summed E-state index contributed by atoms with van der Waals surface area (Å²) in [4.78, 5) is 31.5. The molecule has 1 aliphatic carbocycles. The number of hydrogen-bond donors (Lipinski definition) is 1. The number of rotatable bonds is 14. The molecule has 0 spiro atoms. The van der Waals surface area contributed by atoms with Gasteiger partial charge in [0.2, 0.25) is 12.3 Å². The van der Waals surface area contributed by atoms with Gasteiger partial charge in [-0.05, 0) is 59.7 Å². The number of anilines is 1. The fraction of sp³-hybridized carbons (Fsp3) is 0.324. The summed E-state index contributed by atoms with van der Waals surface area (Å²) in [6.45, 7) is 9.16. The zero-order valence-corrected chi connectivity index (χ0v) is 30.9. The zero-order valence-electron chi connectivity index (χ0n) is 25.8. The van der Waals surface area contributed by atoms with Crippen molar-refractivity contribution in [2.45, 2.75) is 38.4 Å². The molecule has 1 unspecified atom stereocenters. The molecule has 3 aromatic rings. The number of hydrogen-bond acceptors (Lipinski definition) is 6. The minimum atomic E-state index is -0.543. The third kappa shape index (κ3) is 8.78. The monoisotopic (exact) mass is 871 g/mol. The van der Waals surface area contributed by atoms with E-state index < -0.39 is 5.83 Å². The van der Waals surface area contributed by atoms with Gasteiger partial charge >= 0.3 is 0 Å². The van der Waals surface area contributed by atoms with Gasteiger partial charge in [0.15, 0.2) is 0 Å². The van der Waals surface area contributed by atoms with Crippen molar-refractivity contribution in [1.82, 2.24) is 19.8 Å². The molecule has 8 nitrogen and oxygen atoms in total. The molecule has 244 valence electrons. The van der Waals surface area contributed by atoms with E-state index in [0.717, 1.165) is 36.4 Å². The number of carbonyl (C=O) groups excluding carboxylic acids is 2. The summed E-state index contributed by atoms with van der Waals surface area (Å²) in [5.74, 6) is 2.14. The molecule has 2 heterocycles. The van der Waals surface area contributed by atoms with E-state index in [-0.39, 0.29) is 29.5 Å². The number of benzene rings is 2. The van der Waals surface area contributed by atoms with Gasteiger partial charge in [0.05, 0.1) is 6.20 Å². The van der Waals surface area contributed by atoms with Gasteiger partial charge in [-0.2, -0.15) is 0 Å². The number of nitrogens with zero attached hydrogens (tertiary/aromatic N) is 4. The average molecular weight is 872 g/mol. The number of carbonyl (C=O) groups is 2. The number of aromatic nitrogens is 2. The van der Waals surface area contributed by atoms with Gasteiger partial charge in [0, 0.05) is 99.6 Å². The number of halogens is 4. The fourth-order valence-electron chi connectivity index (χ4n) is 5.81. The van der Waals surface area contributed by atoms with Gasteiger partial charge in [-0.25, -0.2) is 9.37 Å². The summed E-state index contributed by atoms with van der Waals surface area (Å²) >= 11 is 10.2. The van der Waals surface area contributed by atoms with Crippen LogP contribution in [0.5, 0.6) is 5.75 Å². The van der Waals surface area contributed by atoms with Gasteiger partial charge in [0.25, 0.3) is 0 Å². The summed E-state index contributed by atoms with van der Waals surface area (Å²) in [5.41, 5.74) is 5.10. The SMILES string of the molecule is C=C/C(F)=C(/COc1ccc(CN2Cc3ccc(-c4ncc(N(C)CCC(=O)NC=O)n4C)cc3C2C2CC2)cc1)C(=C)Cl.II. The van der Waals surface area contributed by atoms with Crippen LogP contribution in [0.25, 0.3) is 11.4 Å². The predicted molar refractivity (Wildman–Crippen MR) is 199 cm³/mol. The van der Waals surface area contributed by atoms with E-state index in [4.69, 9.17) is 21.3 Å². The zero-order chi connectivity index (χ0) is 33.4. The standard InChI is InChI=1S/C34H37ClFN5O3.I2/c1-5-30(36)29(22(2)35)20-44-27-12-6-23(7-13-27)18-41-19-26-11-10-25(16-28(26)33(41)24-8-9-24)34-37-17-32(40(34)4)39(3)15-14-31(43)38-21-42;1-2/h5-7,10-13,16-17,21,24,33H,1-2,8-9,14-15,18-20H2,3-4H3,(H,38,42,43);/b30-29+;. The molecule has 1 N–H and O–H groups in total. The lowest BCUT2D eigenvalue weighted by Crippen LogP contribution is -2.28. The Hall–Kier alpha value is -2.75. The van der Waals surface area contributed by atoms with Crippen LogP contribution in [-0.4, -0.2) is 47.0 Å². The predicted octanol–water partition coefficient (Wildman–Crippen LogP) is 7.97. The molecule has 0 saturated heterocycles. The van der Waals surface area contributed by atoms with Crippen molar-refractivity contribution in [3.8, 4) is 17.1 Å². The maximum atomic E-state index is 14.0. The molecule has 12 heteroatoms. The molecule has 1 aliphatic heterocycles. The molecule has 0 radical (unpaired) electrons. The molecule has 2 aliphatic rings. The van der Waals surface area contributed by atoms with E-state index in [1.807, 2.05) is 54.0 Å². The molecular weight excluding hydrogens is 835 g/mol. The highest BCUT2D eigenvalue weighted by molar-refractivity contribution is 15.0. The summed E-state index contributed by atoms with van der Waals surface area (Å²) in [7, 11) is 3.88.